The minimum absolute atomic E-state index is 0.0399. The van der Waals surface area contributed by atoms with Crippen molar-refractivity contribution in [1.29, 1.82) is 0 Å². The summed E-state index contributed by atoms with van der Waals surface area (Å²) >= 11 is 5.94. The number of rotatable bonds is 5. The van der Waals surface area contributed by atoms with Crippen LogP contribution < -0.4 is 5.32 Å². The van der Waals surface area contributed by atoms with Gasteiger partial charge in [-0.2, -0.15) is 5.10 Å². The van der Waals surface area contributed by atoms with Gasteiger partial charge in [-0.15, -0.1) is 0 Å². The van der Waals surface area contributed by atoms with E-state index in [1.54, 1.807) is 4.68 Å². The Labute approximate surface area is 154 Å². The van der Waals surface area contributed by atoms with E-state index >= 15 is 0 Å². The first-order valence-corrected chi connectivity index (χ1v) is 9.04. The quantitative estimate of drug-likeness (QED) is 0.891. The van der Waals surface area contributed by atoms with E-state index in [1.165, 1.54) is 5.56 Å². The molecule has 6 heteroatoms. The molecule has 1 N–H and O–H groups in total. The minimum atomic E-state index is -0.0399. The number of benzene rings is 1. The molecule has 3 rings (SSSR count). The van der Waals surface area contributed by atoms with Crippen molar-refractivity contribution in [3.05, 3.63) is 52.8 Å². The molecule has 2 heterocycles. The fourth-order valence-corrected chi connectivity index (χ4v) is 3.62. The summed E-state index contributed by atoms with van der Waals surface area (Å²) in [6, 6.07) is 7.96. The Morgan fingerprint density at radius 2 is 2.12 bits per heavy atom. The molecular weight excluding hydrogens is 336 g/mol. The second kappa shape index (κ2) is 7.58. The first-order chi connectivity index (χ1) is 12.0. The summed E-state index contributed by atoms with van der Waals surface area (Å²) in [6.07, 6.45) is 4.70. The highest BCUT2D eigenvalue weighted by Crippen LogP contribution is 2.29. The van der Waals surface area contributed by atoms with Crippen LogP contribution >= 0.6 is 11.6 Å². The van der Waals surface area contributed by atoms with Crippen LogP contribution in [-0.4, -0.2) is 46.8 Å². The number of carbonyl (C=O) groups is 1. The third-order valence-electron chi connectivity index (χ3n) is 5.14. The number of likely N-dealkylation sites (N-methyl/N-ethyl adjacent to an activating group) is 1. The highest BCUT2D eigenvalue weighted by molar-refractivity contribution is 6.30. The Balaban J connectivity index is 1.67. The van der Waals surface area contributed by atoms with Crippen molar-refractivity contribution >= 4 is 17.5 Å². The fourth-order valence-electron chi connectivity index (χ4n) is 3.50. The summed E-state index contributed by atoms with van der Waals surface area (Å²) in [5, 5.41) is 8.35. The van der Waals surface area contributed by atoms with Crippen LogP contribution in [0, 0.1) is 5.92 Å². The molecule has 25 heavy (non-hydrogen) atoms. The summed E-state index contributed by atoms with van der Waals surface area (Å²) in [4.78, 5) is 14.9. The fraction of sp³-hybridized carbons (Fsp3) is 0.474. The number of hydrogen-bond acceptors (Lipinski definition) is 3. The summed E-state index contributed by atoms with van der Waals surface area (Å²) in [6.45, 7) is 3.63. The number of carbonyl (C=O) groups excluding carboxylic acids is 1. The molecule has 0 saturated carbocycles. The standard InChI is InChI=1S/C19H25ClN4O/c1-13(8-14-4-6-16(20)7-5-14)24(3)19(25)18-11-21-10-17(18)15-9-22-23(2)12-15/h4-7,9,12-13,17-18,21H,8,10-11H2,1-3H3/t13?,17-,18+/m1/s1. The van der Waals surface area contributed by atoms with Gasteiger partial charge in [0.2, 0.25) is 5.91 Å². The van der Waals surface area contributed by atoms with E-state index in [0.717, 1.165) is 30.1 Å². The van der Waals surface area contributed by atoms with Crippen molar-refractivity contribution in [2.75, 3.05) is 20.1 Å². The van der Waals surface area contributed by atoms with Gasteiger partial charge in [-0.05, 0) is 36.6 Å². The van der Waals surface area contributed by atoms with Gasteiger partial charge in [0.15, 0.2) is 0 Å². The zero-order chi connectivity index (χ0) is 18.0. The molecule has 1 aromatic carbocycles. The largest absolute Gasteiger partial charge is 0.342 e. The predicted octanol–water partition coefficient (Wildman–Crippen LogP) is 2.47. The average Bonchev–Trinajstić information content (AvgIpc) is 3.24. The van der Waals surface area contributed by atoms with Crippen molar-refractivity contribution < 1.29 is 4.79 Å². The van der Waals surface area contributed by atoms with Crippen molar-refractivity contribution in [1.82, 2.24) is 20.0 Å². The molecule has 1 fully saturated rings. The Morgan fingerprint density at radius 3 is 2.76 bits per heavy atom. The van der Waals surface area contributed by atoms with Gasteiger partial charge in [0, 0.05) is 50.4 Å². The van der Waals surface area contributed by atoms with Gasteiger partial charge in [-0.25, -0.2) is 0 Å². The van der Waals surface area contributed by atoms with E-state index < -0.39 is 0 Å². The van der Waals surface area contributed by atoms with Gasteiger partial charge in [0.05, 0.1) is 12.1 Å². The second-order valence-electron chi connectivity index (χ2n) is 6.95. The van der Waals surface area contributed by atoms with Crippen LogP contribution in [0.25, 0.3) is 0 Å². The zero-order valence-electron chi connectivity index (χ0n) is 14.9. The molecule has 0 spiro atoms. The molecule has 1 unspecified atom stereocenters. The van der Waals surface area contributed by atoms with Crippen molar-refractivity contribution in [2.24, 2.45) is 13.0 Å². The smallest absolute Gasteiger partial charge is 0.227 e. The first-order valence-electron chi connectivity index (χ1n) is 8.66. The van der Waals surface area contributed by atoms with Gasteiger partial charge in [0.1, 0.15) is 0 Å². The van der Waals surface area contributed by atoms with Crippen LogP contribution in [0.4, 0.5) is 0 Å². The van der Waals surface area contributed by atoms with Crippen LogP contribution in [0.3, 0.4) is 0 Å². The lowest BCUT2D eigenvalue weighted by molar-refractivity contribution is -0.135. The first kappa shape index (κ1) is 18.0. The molecule has 1 saturated heterocycles. The molecule has 3 atom stereocenters. The normalized spacial score (nSPS) is 21.3. The third kappa shape index (κ3) is 4.05. The van der Waals surface area contributed by atoms with Crippen molar-refractivity contribution in [2.45, 2.75) is 25.3 Å². The lowest BCUT2D eigenvalue weighted by atomic mass is 9.89. The molecular formula is C19H25ClN4O. The maximum atomic E-state index is 13.1. The molecule has 1 aliphatic rings. The summed E-state index contributed by atoms with van der Waals surface area (Å²) in [7, 11) is 3.81. The zero-order valence-corrected chi connectivity index (χ0v) is 15.7. The molecule has 0 bridgehead atoms. The Bertz CT molecular complexity index is 727. The number of hydrogen-bond donors (Lipinski definition) is 1. The summed E-state index contributed by atoms with van der Waals surface area (Å²) in [5.41, 5.74) is 2.31. The molecule has 1 amide bonds. The van der Waals surface area contributed by atoms with Crippen LogP contribution in [0.15, 0.2) is 36.7 Å². The summed E-state index contributed by atoms with van der Waals surface area (Å²) < 4.78 is 1.79. The Hall–Kier alpha value is -1.85. The molecule has 1 aromatic heterocycles. The third-order valence-corrected chi connectivity index (χ3v) is 5.39. The number of amides is 1. The lowest BCUT2D eigenvalue weighted by Crippen LogP contribution is -2.42. The molecule has 1 aliphatic heterocycles. The summed E-state index contributed by atoms with van der Waals surface area (Å²) in [5.74, 6) is 0.341. The Morgan fingerprint density at radius 1 is 1.40 bits per heavy atom. The van der Waals surface area contributed by atoms with Gasteiger partial charge >= 0.3 is 0 Å². The van der Waals surface area contributed by atoms with E-state index in [4.69, 9.17) is 11.6 Å². The SMILES string of the molecule is CC(Cc1ccc(Cl)cc1)N(C)C(=O)[C@H]1CNC[C@@H]1c1cnn(C)c1. The minimum Gasteiger partial charge on any atom is -0.342 e. The maximum Gasteiger partial charge on any atom is 0.227 e. The number of aromatic nitrogens is 2. The van der Waals surface area contributed by atoms with Gasteiger partial charge in [-0.3, -0.25) is 9.48 Å². The Kier molecular flexibility index (Phi) is 5.45. The predicted molar refractivity (Wildman–Crippen MR) is 99.7 cm³/mol. The lowest BCUT2D eigenvalue weighted by Gasteiger charge is -2.29. The van der Waals surface area contributed by atoms with Crippen molar-refractivity contribution in [3.8, 4) is 0 Å². The van der Waals surface area contributed by atoms with Crippen molar-refractivity contribution in [3.63, 3.8) is 0 Å². The monoisotopic (exact) mass is 360 g/mol. The number of nitrogens with zero attached hydrogens (tertiary/aromatic N) is 3. The molecule has 0 aliphatic carbocycles. The van der Waals surface area contributed by atoms with Crippen LogP contribution in [-0.2, 0) is 18.3 Å². The molecule has 134 valence electrons. The molecule has 0 radical (unpaired) electrons. The number of halogens is 1. The highest BCUT2D eigenvalue weighted by atomic mass is 35.5. The number of nitrogens with one attached hydrogen (secondary N) is 1. The average molecular weight is 361 g/mol. The van der Waals surface area contributed by atoms with E-state index in [2.05, 4.69) is 17.3 Å². The van der Waals surface area contributed by atoms with Gasteiger partial charge in [0.25, 0.3) is 0 Å². The topological polar surface area (TPSA) is 50.2 Å². The van der Waals surface area contributed by atoms with Crippen LogP contribution in [0.5, 0.6) is 0 Å². The van der Waals surface area contributed by atoms with E-state index in [0.29, 0.717) is 0 Å². The van der Waals surface area contributed by atoms with E-state index in [-0.39, 0.29) is 23.8 Å². The maximum absolute atomic E-state index is 13.1. The molecule has 5 nitrogen and oxygen atoms in total. The second-order valence-corrected chi connectivity index (χ2v) is 7.38. The van der Waals surface area contributed by atoms with Crippen LogP contribution in [0.2, 0.25) is 5.02 Å². The molecule has 2 aromatic rings. The van der Waals surface area contributed by atoms with E-state index in [9.17, 15) is 4.79 Å². The van der Waals surface area contributed by atoms with E-state index in [1.807, 2.05) is 55.7 Å². The highest BCUT2D eigenvalue weighted by Gasteiger charge is 2.37. The van der Waals surface area contributed by atoms with Crippen LogP contribution in [0.1, 0.15) is 24.0 Å². The number of aryl methyl sites for hydroxylation is 1. The van der Waals surface area contributed by atoms with Gasteiger partial charge < -0.3 is 10.2 Å². The van der Waals surface area contributed by atoms with Gasteiger partial charge in [-0.1, -0.05) is 23.7 Å².